The van der Waals surface area contributed by atoms with Crippen LogP contribution in [0, 0.1) is 5.82 Å². The third-order valence-electron chi connectivity index (χ3n) is 3.98. The zero-order chi connectivity index (χ0) is 19.5. The van der Waals surface area contributed by atoms with Crippen LogP contribution in [-0.2, 0) is 9.47 Å². The molecule has 0 radical (unpaired) electrons. The van der Waals surface area contributed by atoms with Gasteiger partial charge in [0.15, 0.2) is 0 Å². The Morgan fingerprint density at radius 3 is 2.81 bits per heavy atom. The van der Waals surface area contributed by atoms with E-state index in [1.165, 1.54) is 17.0 Å². The molecule has 8 heteroatoms. The number of rotatable bonds is 3. The highest BCUT2D eigenvalue weighted by atomic mass is 35.5. The maximum Gasteiger partial charge on any atom is 0.410 e. The van der Waals surface area contributed by atoms with Crippen molar-refractivity contribution >= 4 is 17.7 Å². The minimum Gasteiger partial charge on any atom is -0.444 e. The molecule has 0 aromatic heterocycles. The number of halogens is 2. The smallest absolute Gasteiger partial charge is 0.410 e. The van der Waals surface area contributed by atoms with Crippen molar-refractivity contribution in [2.45, 2.75) is 38.1 Å². The normalized spacial score (nSPS) is 24.3. The molecule has 0 bridgehead atoms. The summed E-state index contributed by atoms with van der Waals surface area (Å²) in [6.07, 6.45) is -1.35. The molecular weight excluding hydrogens is 363 g/mol. The van der Waals surface area contributed by atoms with Crippen LogP contribution in [-0.4, -0.2) is 60.6 Å². The summed E-state index contributed by atoms with van der Waals surface area (Å²) >= 11 is 5.75. The second kappa shape index (κ2) is 8.08. The van der Waals surface area contributed by atoms with E-state index in [0.717, 1.165) is 0 Å². The third kappa shape index (κ3) is 5.07. The number of hydrogen-bond donors (Lipinski definition) is 2. The van der Waals surface area contributed by atoms with Crippen molar-refractivity contribution in [3.63, 3.8) is 0 Å². The molecule has 0 unspecified atom stereocenters. The lowest BCUT2D eigenvalue weighted by molar-refractivity contribution is -0.0976. The summed E-state index contributed by atoms with van der Waals surface area (Å²) in [5, 5.41) is 14.2. The average Bonchev–Trinajstić information content (AvgIpc) is 2.68. The number of carbonyl (C=O) groups is 1. The summed E-state index contributed by atoms with van der Waals surface area (Å²) in [6, 6.07) is 4.28. The van der Waals surface area contributed by atoms with E-state index < -0.39 is 29.2 Å². The van der Waals surface area contributed by atoms with E-state index >= 15 is 0 Å². The van der Waals surface area contributed by atoms with Gasteiger partial charge >= 0.3 is 6.09 Å². The van der Waals surface area contributed by atoms with Gasteiger partial charge in [0.25, 0.3) is 0 Å². The second-order valence-electron chi connectivity index (χ2n) is 7.46. The van der Waals surface area contributed by atoms with Crippen molar-refractivity contribution < 1.29 is 23.8 Å². The van der Waals surface area contributed by atoms with Crippen molar-refractivity contribution in [1.82, 2.24) is 10.2 Å². The predicted octanol–water partition coefficient (Wildman–Crippen LogP) is 2.74. The zero-order valence-electron chi connectivity index (χ0n) is 15.5. The van der Waals surface area contributed by atoms with Crippen LogP contribution in [0.2, 0.25) is 5.02 Å². The van der Waals surface area contributed by atoms with Gasteiger partial charge in [-0.3, -0.25) is 0 Å². The van der Waals surface area contributed by atoms with E-state index in [1.54, 1.807) is 33.9 Å². The van der Waals surface area contributed by atoms with Gasteiger partial charge in [0.2, 0.25) is 0 Å². The van der Waals surface area contributed by atoms with Crippen LogP contribution in [0.1, 0.15) is 32.4 Å². The molecule has 1 heterocycles. The molecule has 2 rings (SSSR count). The molecule has 1 aliphatic heterocycles. The zero-order valence-corrected chi connectivity index (χ0v) is 16.3. The van der Waals surface area contributed by atoms with Crippen LogP contribution < -0.4 is 5.32 Å². The number of nitrogens with zero attached hydrogens (tertiary/aromatic N) is 1. The number of carbonyl (C=O) groups excluding carboxylic acids is 1. The molecule has 1 saturated heterocycles. The second-order valence-corrected chi connectivity index (χ2v) is 7.87. The number of hydrogen-bond acceptors (Lipinski definition) is 5. The largest absolute Gasteiger partial charge is 0.444 e. The number of β-amino-alcohol motifs (C(OH)–C–C–N with tert-alkyl or cyclic N) is 1. The molecule has 26 heavy (non-hydrogen) atoms. The number of aliphatic hydroxyl groups is 1. The van der Waals surface area contributed by atoms with Crippen molar-refractivity contribution in [3.05, 3.63) is 34.6 Å². The third-order valence-corrected chi connectivity index (χ3v) is 4.29. The van der Waals surface area contributed by atoms with E-state index in [1.807, 2.05) is 0 Å². The number of amides is 1. The Balaban J connectivity index is 2.30. The first-order valence-electron chi connectivity index (χ1n) is 8.47. The summed E-state index contributed by atoms with van der Waals surface area (Å²) in [5.74, 6) is -0.590. The highest BCUT2D eigenvalue weighted by Crippen LogP contribution is 2.34. The first-order valence-corrected chi connectivity index (χ1v) is 8.85. The monoisotopic (exact) mass is 388 g/mol. The molecule has 1 aromatic rings. The Morgan fingerprint density at radius 1 is 1.54 bits per heavy atom. The minimum absolute atomic E-state index is 0.00471. The van der Waals surface area contributed by atoms with Gasteiger partial charge in [-0.05, 0) is 45.5 Å². The Morgan fingerprint density at radius 2 is 2.23 bits per heavy atom. The molecule has 2 atom stereocenters. The summed E-state index contributed by atoms with van der Waals surface area (Å²) in [7, 11) is 1.68. The lowest BCUT2D eigenvalue weighted by atomic mass is 9.90. The minimum atomic E-state index is -1.47. The van der Waals surface area contributed by atoms with Gasteiger partial charge in [0, 0.05) is 13.1 Å². The van der Waals surface area contributed by atoms with Gasteiger partial charge in [-0.2, -0.15) is 0 Å². The summed E-state index contributed by atoms with van der Waals surface area (Å²) in [5.41, 5.74) is -1.66. The van der Waals surface area contributed by atoms with Crippen LogP contribution in [0.15, 0.2) is 18.2 Å². The fourth-order valence-electron chi connectivity index (χ4n) is 2.95. The Bertz CT molecular complexity index is 653. The number of ether oxygens (including phenoxy) is 2. The topological polar surface area (TPSA) is 71.0 Å². The summed E-state index contributed by atoms with van der Waals surface area (Å²) in [6.45, 7) is 5.89. The predicted molar refractivity (Wildman–Crippen MR) is 96.8 cm³/mol. The van der Waals surface area contributed by atoms with Crippen LogP contribution in [0.5, 0.6) is 0 Å². The molecule has 1 aromatic carbocycles. The van der Waals surface area contributed by atoms with Crippen LogP contribution >= 0.6 is 11.6 Å². The van der Waals surface area contributed by atoms with Crippen molar-refractivity contribution in [1.29, 1.82) is 0 Å². The molecule has 6 nitrogen and oxygen atoms in total. The molecule has 1 aliphatic rings. The van der Waals surface area contributed by atoms with Crippen molar-refractivity contribution in [2.75, 3.05) is 33.3 Å². The van der Waals surface area contributed by atoms with Gasteiger partial charge in [-0.25, -0.2) is 9.18 Å². The van der Waals surface area contributed by atoms with Crippen LogP contribution in [0.3, 0.4) is 0 Å². The fourth-order valence-corrected chi connectivity index (χ4v) is 3.06. The quantitative estimate of drug-likeness (QED) is 0.833. The van der Waals surface area contributed by atoms with Crippen molar-refractivity contribution in [2.24, 2.45) is 0 Å². The number of nitrogens with one attached hydrogen (secondary N) is 1. The molecule has 0 saturated carbocycles. The molecule has 0 spiro atoms. The SMILES string of the molecule is CNC[C@@]1(O)CN(C(=O)OC(C)(C)C)CCO[C@@H]1c1ccc(Cl)c(F)c1. The maximum absolute atomic E-state index is 13.9. The van der Waals surface area contributed by atoms with E-state index in [2.05, 4.69) is 5.32 Å². The van der Waals surface area contributed by atoms with Gasteiger partial charge in [-0.15, -0.1) is 0 Å². The highest BCUT2D eigenvalue weighted by Gasteiger charge is 2.44. The maximum atomic E-state index is 13.9. The first kappa shape index (κ1) is 20.9. The lowest BCUT2D eigenvalue weighted by Gasteiger charge is -2.36. The van der Waals surface area contributed by atoms with Gasteiger partial charge in [-0.1, -0.05) is 17.7 Å². The molecule has 1 fully saturated rings. The van der Waals surface area contributed by atoms with Gasteiger partial charge < -0.3 is 24.8 Å². The molecule has 0 aliphatic carbocycles. The summed E-state index contributed by atoms with van der Waals surface area (Å²) in [4.78, 5) is 13.9. The molecule has 1 amide bonds. The fraction of sp³-hybridized carbons (Fsp3) is 0.611. The Labute approximate surface area is 158 Å². The van der Waals surface area contributed by atoms with Crippen LogP contribution in [0.4, 0.5) is 9.18 Å². The summed E-state index contributed by atoms with van der Waals surface area (Å²) < 4.78 is 25.1. The Hall–Kier alpha value is -1.41. The first-order chi connectivity index (χ1) is 12.1. The number of benzene rings is 1. The average molecular weight is 389 g/mol. The number of likely N-dealkylation sites (N-methyl/N-ethyl adjacent to an activating group) is 1. The Kier molecular flexibility index (Phi) is 6.50. The molecule has 146 valence electrons. The van der Waals surface area contributed by atoms with Crippen LogP contribution in [0.25, 0.3) is 0 Å². The van der Waals surface area contributed by atoms with Gasteiger partial charge in [0.1, 0.15) is 23.1 Å². The van der Waals surface area contributed by atoms with E-state index in [-0.39, 0.29) is 31.3 Å². The standard InChI is InChI=1S/C18H26ClFN2O4/c1-17(2,3)26-16(23)22-7-8-25-15(18(24,11-22)10-21-4)12-5-6-13(19)14(20)9-12/h5-6,9,15,21,24H,7-8,10-11H2,1-4H3/t15-,18-/m1/s1. The van der Waals surface area contributed by atoms with Crippen molar-refractivity contribution in [3.8, 4) is 0 Å². The van der Waals surface area contributed by atoms with E-state index in [4.69, 9.17) is 21.1 Å². The lowest BCUT2D eigenvalue weighted by Crippen LogP contribution is -2.53. The highest BCUT2D eigenvalue weighted by molar-refractivity contribution is 6.30. The molecular formula is C18H26ClFN2O4. The van der Waals surface area contributed by atoms with E-state index in [9.17, 15) is 14.3 Å². The molecule has 2 N–H and O–H groups in total. The van der Waals surface area contributed by atoms with E-state index in [0.29, 0.717) is 5.56 Å². The van der Waals surface area contributed by atoms with Gasteiger partial charge in [0.05, 0.1) is 18.2 Å².